The zero-order valence-electron chi connectivity index (χ0n) is 8.54. The quantitative estimate of drug-likeness (QED) is 0.707. The first-order chi connectivity index (χ1) is 6.68. The van der Waals surface area contributed by atoms with Gasteiger partial charge in [0, 0.05) is 13.0 Å². The molecule has 14 heavy (non-hydrogen) atoms. The molecule has 0 aromatic rings. The molecule has 1 N–H and O–H groups in total. The van der Waals surface area contributed by atoms with Gasteiger partial charge >= 0.3 is 0 Å². The molecule has 0 spiro atoms. The van der Waals surface area contributed by atoms with Gasteiger partial charge in [-0.2, -0.15) is 0 Å². The molecule has 0 aromatic carbocycles. The largest absolute Gasteiger partial charge is 0.378 e. The van der Waals surface area contributed by atoms with E-state index >= 15 is 0 Å². The Morgan fingerprint density at radius 3 is 2.86 bits per heavy atom. The molecule has 1 aliphatic heterocycles. The van der Waals surface area contributed by atoms with Crippen molar-refractivity contribution in [1.82, 2.24) is 5.32 Å². The lowest BCUT2D eigenvalue weighted by Crippen LogP contribution is -2.28. The molecule has 1 rings (SSSR count). The van der Waals surface area contributed by atoms with E-state index in [0.717, 1.165) is 25.9 Å². The molecule has 4 heteroatoms. The van der Waals surface area contributed by atoms with E-state index in [2.05, 4.69) is 5.32 Å². The molecule has 1 fully saturated rings. The molecule has 1 unspecified atom stereocenters. The maximum absolute atomic E-state index is 11.2. The molecular weight excluding hydrogens is 182 g/mol. The Morgan fingerprint density at radius 1 is 1.50 bits per heavy atom. The summed E-state index contributed by atoms with van der Waals surface area (Å²) in [6.45, 7) is 2.42. The van der Waals surface area contributed by atoms with Crippen molar-refractivity contribution >= 4 is 11.7 Å². The van der Waals surface area contributed by atoms with Crippen molar-refractivity contribution in [2.24, 2.45) is 0 Å². The van der Waals surface area contributed by atoms with Crippen LogP contribution in [0.25, 0.3) is 0 Å². The number of Topliss-reactive ketones (excluding diaryl/α,β-unsaturated/α-hetero) is 1. The molecule has 0 bridgehead atoms. The topological polar surface area (TPSA) is 55.4 Å². The molecule has 1 aliphatic rings. The summed E-state index contributed by atoms with van der Waals surface area (Å²) in [5, 5.41) is 2.56. The average molecular weight is 199 g/mol. The SMILES string of the molecule is CC(=O)CNC(=O)CCC1CCCO1. The summed E-state index contributed by atoms with van der Waals surface area (Å²) in [6.07, 6.45) is 3.62. The number of rotatable bonds is 5. The Hall–Kier alpha value is -0.900. The summed E-state index contributed by atoms with van der Waals surface area (Å²) < 4.78 is 5.38. The second-order valence-corrected chi connectivity index (χ2v) is 3.65. The van der Waals surface area contributed by atoms with Crippen molar-refractivity contribution in [2.75, 3.05) is 13.2 Å². The van der Waals surface area contributed by atoms with Crippen molar-refractivity contribution in [1.29, 1.82) is 0 Å². The number of carbonyl (C=O) groups is 2. The van der Waals surface area contributed by atoms with Crippen molar-refractivity contribution in [3.8, 4) is 0 Å². The number of ether oxygens (including phenoxy) is 1. The van der Waals surface area contributed by atoms with Gasteiger partial charge in [0.25, 0.3) is 0 Å². The highest BCUT2D eigenvalue weighted by molar-refractivity contribution is 5.84. The van der Waals surface area contributed by atoms with Crippen molar-refractivity contribution < 1.29 is 14.3 Å². The molecule has 1 atom stereocenters. The first kappa shape index (κ1) is 11.2. The first-order valence-electron chi connectivity index (χ1n) is 5.06. The number of ketones is 1. The van der Waals surface area contributed by atoms with Gasteiger partial charge in [-0.3, -0.25) is 9.59 Å². The van der Waals surface area contributed by atoms with Gasteiger partial charge in [-0.25, -0.2) is 0 Å². The average Bonchev–Trinajstić information content (AvgIpc) is 2.63. The van der Waals surface area contributed by atoms with Crippen LogP contribution in [-0.2, 0) is 14.3 Å². The number of carbonyl (C=O) groups excluding carboxylic acids is 2. The molecule has 0 saturated carbocycles. The third-order valence-corrected chi connectivity index (χ3v) is 2.25. The monoisotopic (exact) mass is 199 g/mol. The summed E-state index contributed by atoms with van der Waals surface area (Å²) >= 11 is 0. The van der Waals surface area contributed by atoms with Crippen LogP contribution in [0.2, 0.25) is 0 Å². The van der Waals surface area contributed by atoms with Crippen molar-refractivity contribution in [3.05, 3.63) is 0 Å². The maximum atomic E-state index is 11.2. The summed E-state index contributed by atoms with van der Waals surface area (Å²) in [5.41, 5.74) is 0. The van der Waals surface area contributed by atoms with Crippen LogP contribution in [-0.4, -0.2) is 30.9 Å². The lowest BCUT2D eigenvalue weighted by molar-refractivity contribution is -0.124. The van der Waals surface area contributed by atoms with Crippen LogP contribution in [0.15, 0.2) is 0 Å². The van der Waals surface area contributed by atoms with Crippen LogP contribution in [0.5, 0.6) is 0 Å². The summed E-state index contributed by atoms with van der Waals surface area (Å²) in [6, 6.07) is 0. The second kappa shape index (κ2) is 5.75. The Balaban J connectivity index is 2.05. The minimum absolute atomic E-state index is 0.0181. The second-order valence-electron chi connectivity index (χ2n) is 3.65. The zero-order chi connectivity index (χ0) is 10.4. The molecule has 1 saturated heterocycles. The molecule has 0 aromatic heterocycles. The van der Waals surface area contributed by atoms with Gasteiger partial charge in [-0.15, -0.1) is 0 Å². The highest BCUT2D eigenvalue weighted by Crippen LogP contribution is 2.16. The highest BCUT2D eigenvalue weighted by atomic mass is 16.5. The van der Waals surface area contributed by atoms with Crippen LogP contribution >= 0.6 is 0 Å². The van der Waals surface area contributed by atoms with Gasteiger partial charge in [-0.05, 0) is 26.2 Å². The van der Waals surface area contributed by atoms with Crippen molar-refractivity contribution in [3.63, 3.8) is 0 Å². The molecule has 1 amide bonds. The predicted octanol–water partition coefficient (Wildman–Crippen LogP) is 0.651. The number of hydrogen-bond acceptors (Lipinski definition) is 3. The fraction of sp³-hybridized carbons (Fsp3) is 0.800. The third-order valence-electron chi connectivity index (χ3n) is 2.25. The smallest absolute Gasteiger partial charge is 0.220 e. The maximum Gasteiger partial charge on any atom is 0.220 e. The molecule has 0 aliphatic carbocycles. The summed E-state index contributed by atoms with van der Waals surface area (Å²) in [7, 11) is 0. The normalized spacial score (nSPS) is 20.8. The van der Waals surface area contributed by atoms with Gasteiger partial charge < -0.3 is 10.1 Å². The van der Waals surface area contributed by atoms with Gasteiger partial charge in [0.15, 0.2) is 0 Å². The van der Waals surface area contributed by atoms with E-state index in [9.17, 15) is 9.59 Å². The molecular formula is C10H17NO3. The summed E-state index contributed by atoms with van der Waals surface area (Å²) in [4.78, 5) is 21.8. The van der Waals surface area contributed by atoms with Gasteiger partial charge in [0.05, 0.1) is 12.6 Å². The van der Waals surface area contributed by atoms with Crippen LogP contribution < -0.4 is 5.32 Å². The fourth-order valence-corrected chi connectivity index (χ4v) is 1.48. The minimum Gasteiger partial charge on any atom is -0.378 e. The molecule has 80 valence electrons. The van der Waals surface area contributed by atoms with E-state index in [1.54, 1.807) is 0 Å². The highest BCUT2D eigenvalue weighted by Gasteiger charge is 2.16. The lowest BCUT2D eigenvalue weighted by Gasteiger charge is -2.08. The number of hydrogen-bond donors (Lipinski definition) is 1. The molecule has 1 heterocycles. The Kier molecular flexibility index (Phi) is 4.59. The zero-order valence-corrected chi connectivity index (χ0v) is 8.54. The van der Waals surface area contributed by atoms with Crippen LogP contribution in [0, 0.1) is 0 Å². The Bertz CT molecular complexity index is 209. The van der Waals surface area contributed by atoms with Crippen molar-refractivity contribution in [2.45, 2.75) is 38.7 Å². The Morgan fingerprint density at radius 2 is 2.29 bits per heavy atom. The third kappa shape index (κ3) is 4.37. The minimum atomic E-state index is -0.0595. The Labute approximate surface area is 84.0 Å². The number of amides is 1. The summed E-state index contributed by atoms with van der Waals surface area (Å²) in [5.74, 6) is -0.0776. The number of nitrogens with one attached hydrogen (secondary N) is 1. The van der Waals surface area contributed by atoms with Gasteiger partial charge in [-0.1, -0.05) is 0 Å². The van der Waals surface area contributed by atoms with E-state index in [0.29, 0.717) is 6.42 Å². The van der Waals surface area contributed by atoms with E-state index in [1.165, 1.54) is 6.92 Å². The molecule has 4 nitrogen and oxygen atoms in total. The molecule has 0 radical (unpaired) electrons. The van der Waals surface area contributed by atoms with E-state index < -0.39 is 0 Å². The fourth-order valence-electron chi connectivity index (χ4n) is 1.48. The predicted molar refractivity (Wildman–Crippen MR) is 51.9 cm³/mol. The first-order valence-corrected chi connectivity index (χ1v) is 5.06. The van der Waals surface area contributed by atoms with Gasteiger partial charge in [0.2, 0.25) is 5.91 Å². The van der Waals surface area contributed by atoms with Crippen LogP contribution in [0.4, 0.5) is 0 Å². The lowest BCUT2D eigenvalue weighted by atomic mass is 10.1. The standard InChI is InChI=1S/C10H17NO3/c1-8(12)7-11-10(13)5-4-9-3-2-6-14-9/h9H,2-7H2,1H3,(H,11,13). The van der Waals surface area contributed by atoms with E-state index in [-0.39, 0.29) is 24.3 Å². The van der Waals surface area contributed by atoms with Gasteiger partial charge in [0.1, 0.15) is 5.78 Å². The van der Waals surface area contributed by atoms with E-state index in [1.807, 2.05) is 0 Å². The van der Waals surface area contributed by atoms with E-state index in [4.69, 9.17) is 4.74 Å². The van der Waals surface area contributed by atoms with Crippen LogP contribution in [0.3, 0.4) is 0 Å². The van der Waals surface area contributed by atoms with Crippen LogP contribution in [0.1, 0.15) is 32.6 Å².